The van der Waals surface area contributed by atoms with E-state index in [1.807, 2.05) is 4.90 Å². The zero-order chi connectivity index (χ0) is 14.4. The second kappa shape index (κ2) is 7.80. The first kappa shape index (κ1) is 15.5. The molecule has 1 N–H and O–H groups in total. The number of aromatic nitrogens is 2. The molecule has 8 heteroatoms. The van der Waals surface area contributed by atoms with Crippen molar-refractivity contribution in [1.29, 1.82) is 0 Å². The summed E-state index contributed by atoms with van der Waals surface area (Å²) in [5.41, 5.74) is 0. The van der Waals surface area contributed by atoms with Crippen LogP contribution < -0.4 is 5.32 Å². The fourth-order valence-corrected chi connectivity index (χ4v) is 3.32. The van der Waals surface area contributed by atoms with Crippen molar-refractivity contribution in [2.24, 2.45) is 5.92 Å². The maximum absolute atomic E-state index is 12.0. The molecule has 2 rings (SSSR count). The van der Waals surface area contributed by atoms with E-state index in [9.17, 15) is 4.79 Å². The number of ether oxygens (including phenoxy) is 1. The smallest absolute Gasteiger partial charge is 0.233 e. The molecule has 1 amide bonds. The fraction of sp³-hybridized carbons (Fsp3) is 0.750. The van der Waals surface area contributed by atoms with Crippen LogP contribution in [0.3, 0.4) is 0 Å². The predicted molar refractivity (Wildman–Crippen MR) is 81.4 cm³/mol. The van der Waals surface area contributed by atoms with Crippen molar-refractivity contribution < 1.29 is 9.53 Å². The number of anilines is 1. The number of nitrogens with zero attached hydrogens (tertiary/aromatic N) is 3. The van der Waals surface area contributed by atoms with E-state index in [1.54, 1.807) is 0 Å². The average Bonchev–Trinajstić information content (AvgIpc) is 2.91. The summed E-state index contributed by atoms with van der Waals surface area (Å²) in [7, 11) is 0. The van der Waals surface area contributed by atoms with Gasteiger partial charge in [0.25, 0.3) is 0 Å². The van der Waals surface area contributed by atoms with Crippen LogP contribution in [0.1, 0.15) is 13.8 Å². The fourth-order valence-electron chi connectivity index (χ4n) is 1.66. The highest BCUT2D eigenvalue weighted by molar-refractivity contribution is 8.01. The van der Waals surface area contributed by atoms with Crippen molar-refractivity contribution in [1.82, 2.24) is 15.1 Å². The van der Waals surface area contributed by atoms with Gasteiger partial charge in [-0.1, -0.05) is 36.9 Å². The molecule has 1 aliphatic heterocycles. The van der Waals surface area contributed by atoms with Crippen molar-refractivity contribution in [2.75, 3.05) is 43.9 Å². The van der Waals surface area contributed by atoms with Gasteiger partial charge in [0.15, 0.2) is 4.34 Å². The van der Waals surface area contributed by atoms with Crippen LogP contribution >= 0.6 is 23.1 Å². The molecule has 0 aromatic carbocycles. The van der Waals surface area contributed by atoms with Gasteiger partial charge >= 0.3 is 0 Å². The monoisotopic (exact) mass is 316 g/mol. The van der Waals surface area contributed by atoms with Crippen LogP contribution in [0.4, 0.5) is 5.13 Å². The first-order valence-electron chi connectivity index (χ1n) is 6.71. The van der Waals surface area contributed by atoms with Gasteiger partial charge in [0.05, 0.1) is 19.0 Å². The summed E-state index contributed by atoms with van der Waals surface area (Å²) in [5.74, 6) is 1.13. The molecule has 0 radical (unpaired) electrons. The molecule has 1 fully saturated rings. The van der Waals surface area contributed by atoms with E-state index in [0.717, 1.165) is 16.0 Å². The molecule has 1 aliphatic rings. The van der Waals surface area contributed by atoms with Crippen LogP contribution in [0, 0.1) is 5.92 Å². The number of hydrogen-bond donors (Lipinski definition) is 1. The molecule has 0 spiro atoms. The van der Waals surface area contributed by atoms with Crippen LogP contribution in [-0.4, -0.2) is 59.6 Å². The van der Waals surface area contributed by atoms with E-state index in [-0.39, 0.29) is 5.91 Å². The van der Waals surface area contributed by atoms with E-state index in [1.165, 1.54) is 23.1 Å². The van der Waals surface area contributed by atoms with Gasteiger partial charge in [-0.25, -0.2) is 0 Å². The number of thioether (sulfide) groups is 1. The molecule has 0 bridgehead atoms. The summed E-state index contributed by atoms with van der Waals surface area (Å²) in [4.78, 5) is 13.8. The zero-order valence-corrected chi connectivity index (χ0v) is 13.4. The lowest BCUT2D eigenvalue weighted by Crippen LogP contribution is -2.41. The topological polar surface area (TPSA) is 67.4 Å². The Morgan fingerprint density at radius 2 is 2.20 bits per heavy atom. The highest BCUT2D eigenvalue weighted by Crippen LogP contribution is 2.25. The Hall–Kier alpha value is -0.860. The molecular formula is C12H20N4O2S2. The third-order valence-corrected chi connectivity index (χ3v) is 4.75. The summed E-state index contributed by atoms with van der Waals surface area (Å²) in [6.07, 6.45) is 0. The van der Waals surface area contributed by atoms with E-state index < -0.39 is 0 Å². The Balaban J connectivity index is 1.74. The maximum atomic E-state index is 12.0. The van der Waals surface area contributed by atoms with Crippen LogP contribution in [0.15, 0.2) is 4.34 Å². The van der Waals surface area contributed by atoms with Crippen LogP contribution in [0.5, 0.6) is 0 Å². The largest absolute Gasteiger partial charge is 0.378 e. The predicted octanol–water partition coefficient (Wildman–Crippen LogP) is 1.56. The lowest BCUT2D eigenvalue weighted by molar-refractivity contribution is -0.132. The number of morpholine rings is 1. The minimum absolute atomic E-state index is 0.144. The van der Waals surface area contributed by atoms with Crippen LogP contribution in [0.25, 0.3) is 0 Å². The quantitative estimate of drug-likeness (QED) is 0.803. The summed E-state index contributed by atoms with van der Waals surface area (Å²) in [6.45, 7) is 7.83. The lowest BCUT2D eigenvalue weighted by Gasteiger charge is -2.26. The molecule has 20 heavy (non-hydrogen) atoms. The molecule has 6 nitrogen and oxygen atoms in total. The number of rotatable bonds is 6. The van der Waals surface area contributed by atoms with Crippen molar-refractivity contribution in [3.63, 3.8) is 0 Å². The highest BCUT2D eigenvalue weighted by atomic mass is 32.2. The Kier molecular flexibility index (Phi) is 6.06. The third-order valence-electron chi connectivity index (χ3n) is 2.75. The number of nitrogens with one attached hydrogen (secondary N) is 1. The standard InChI is InChI=1S/C12H20N4O2S2/c1-9(2)7-13-11-14-15-12(20-11)19-8-10(17)16-3-5-18-6-4-16/h9H,3-8H2,1-2H3,(H,13,14). The summed E-state index contributed by atoms with van der Waals surface area (Å²) >= 11 is 2.95. The SMILES string of the molecule is CC(C)CNc1nnc(SCC(=O)N2CCOCC2)s1. The molecule has 0 atom stereocenters. The van der Waals surface area contributed by atoms with Gasteiger partial charge in [0, 0.05) is 19.6 Å². The van der Waals surface area contributed by atoms with Crippen molar-refractivity contribution in [2.45, 2.75) is 18.2 Å². The van der Waals surface area contributed by atoms with E-state index in [4.69, 9.17) is 4.74 Å². The second-order valence-corrected chi connectivity index (χ2v) is 7.13. The normalized spacial score (nSPS) is 15.7. The summed E-state index contributed by atoms with van der Waals surface area (Å²) in [6, 6.07) is 0. The van der Waals surface area contributed by atoms with Gasteiger partial charge in [0.1, 0.15) is 0 Å². The molecule has 112 valence electrons. The van der Waals surface area contributed by atoms with Gasteiger partial charge in [0.2, 0.25) is 11.0 Å². The van der Waals surface area contributed by atoms with Gasteiger partial charge in [-0.2, -0.15) is 0 Å². The number of hydrogen-bond acceptors (Lipinski definition) is 7. The van der Waals surface area contributed by atoms with Crippen molar-refractivity contribution in [3.8, 4) is 0 Å². The molecule has 0 unspecified atom stereocenters. The van der Waals surface area contributed by atoms with Gasteiger partial charge in [-0.3, -0.25) is 4.79 Å². The van der Waals surface area contributed by atoms with E-state index in [2.05, 4.69) is 29.4 Å². The average molecular weight is 316 g/mol. The molecule has 0 saturated carbocycles. The number of carbonyl (C=O) groups is 1. The van der Waals surface area contributed by atoms with Gasteiger partial charge in [-0.15, -0.1) is 10.2 Å². The highest BCUT2D eigenvalue weighted by Gasteiger charge is 2.17. The zero-order valence-electron chi connectivity index (χ0n) is 11.8. The van der Waals surface area contributed by atoms with Gasteiger partial charge < -0.3 is 15.0 Å². The van der Waals surface area contributed by atoms with Crippen molar-refractivity contribution >= 4 is 34.1 Å². The molecular weight excluding hydrogens is 296 g/mol. The van der Waals surface area contributed by atoms with E-state index in [0.29, 0.717) is 38.0 Å². The summed E-state index contributed by atoms with van der Waals surface area (Å²) < 4.78 is 6.06. The molecule has 0 aliphatic carbocycles. The Morgan fingerprint density at radius 1 is 1.45 bits per heavy atom. The van der Waals surface area contributed by atoms with E-state index >= 15 is 0 Å². The first-order valence-corrected chi connectivity index (χ1v) is 8.51. The Labute approximate surface area is 127 Å². The Morgan fingerprint density at radius 3 is 2.90 bits per heavy atom. The molecule has 1 aromatic rings. The van der Waals surface area contributed by atoms with Crippen molar-refractivity contribution in [3.05, 3.63) is 0 Å². The number of carbonyl (C=O) groups excluding carboxylic acids is 1. The maximum Gasteiger partial charge on any atom is 0.233 e. The summed E-state index contributed by atoms with van der Waals surface area (Å²) in [5, 5.41) is 12.2. The Bertz CT molecular complexity index is 433. The van der Waals surface area contributed by atoms with Crippen LogP contribution in [0.2, 0.25) is 0 Å². The minimum Gasteiger partial charge on any atom is -0.378 e. The lowest BCUT2D eigenvalue weighted by atomic mass is 10.2. The van der Waals surface area contributed by atoms with Gasteiger partial charge in [-0.05, 0) is 5.92 Å². The molecule has 1 aromatic heterocycles. The first-order chi connectivity index (χ1) is 9.65. The number of amides is 1. The molecule has 1 saturated heterocycles. The third kappa shape index (κ3) is 4.92. The second-order valence-electron chi connectivity index (χ2n) is 4.93. The minimum atomic E-state index is 0.144. The van der Waals surface area contributed by atoms with Crippen LogP contribution in [-0.2, 0) is 9.53 Å². The molecule has 2 heterocycles.